The van der Waals surface area contributed by atoms with Crippen molar-refractivity contribution in [3.8, 4) is 0 Å². The smallest absolute Gasteiger partial charge is 0.168 e. The number of rotatable bonds is 13. The van der Waals surface area contributed by atoms with E-state index in [9.17, 15) is 48.1 Å². The Bertz CT molecular complexity index is 536. The molecule has 4 nitrogen and oxygen atoms in total. The summed E-state index contributed by atoms with van der Waals surface area (Å²) in [6.07, 6.45) is -24.6. The molecule has 0 aromatic heterocycles. The summed E-state index contributed by atoms with van der Waals surface area (Å²) >= 11 is 0. The van der Waals surface area contributed by atoms with Crippen LogP contribution in [0.25, 0.3) is 0 Å². The average molecular weight is 481 g/mol. The molecule has 0 aromatic rings. The first-order valence-electron chi connectivity index (χ1n) is 9.49. The SMILES string of the molecule is CC[N+](CC)(CC)CC.O=S(=O)([O-])CC(F)C(F)C(F)C(F)C(F)C(F)C(F)CF. The predicted octanol–water partition coefficient (Wildman–Crippen LogP) is 3.75. The number of hydrogen-bond donors (Lipinski definition) is 0. The van der Waals surface area contributed by atoms with Gasteiger partial charge in [0.1, 0.15) is 12.8 Å². The van der Waals surface area contributed by atoms with E-state index in [1.165, 1.54) is 30.7 Å². The van der Waals surface area contributed by atoms with Crippen molar-refractivity contribution in [3.05, 3.63) is 0 Å². The Hall–Kier alpha value is -0.690. The maximum atomic E-state index is 13.1. The molecule has 0 spiro atoms. The molecule has 0 amide bonds. The fourth-order valence-corrected chi connectivity index (χ4v) is 3.21. The van der Waals surface area contributed by atoms with E-state index in [0.29, 0.717) is 0 Å². The Morgan fingerprint density at radius 2 is 0.967 bits per heavy atom. The molecule has 0 N–H and O–H groups in total. The maximum Gasteiger partial charge on any atom is 0.168 e. The molecule has 0 aromatic carbocycles. The molecule has 0 aliphatic carbocycles. The van der Waals surface area contributed by atoms with Gasteiger partial charge in [0.15, 0.2) is 37.0 Å². The van der Waals surface area contributed by atoms with Crippen LogP contribution in [0.5, 0.6) is 0 Å². The molecule has 30 heavy (non-hydrogen) atoms. The third-order valence-electron chi connectivity index (χ3n) is 5.10. The van der Waals surface area contributed by atoms with Gasteiger partial charge in [-0.25, -0.2) is 43.5 Å². The van der Waals surface area contributed by atoms with Crippen LogP contribution in [0.3, 0.4) is 0 Å². The molecule has 7 unspecified atom stereocenters. The van der Waals surface area contributed by atoms with Gasteiger partial charge in [-0.2, -0.15) is 0 Å². The van der Waals surface area contributed by atoms with E-state index in [1.54, 1.807) is 0 Å². The number of halogens is 8. The first kappa shape index (κ1) is 31.5. The van der Waals surface area contributed by atoms with Crippen LogP contribution < -0.4 is 0 Å². The molecular formula is C17H31F8NO3S. The quantitative estimate of drug-likeness (QED) is 0.229. The summed E-state index contributed by atoms with van der Waals surface area (Å²) < 4.78 is 134. The Morgan fingerprint density at radius 1 is 0.667 bits per heavy atom. The Labute approximate surface area is 173 Å². The summed E-state index contributed by atoms with van der Waals surface area (Å²) in [6.45, 7) is 12.2. The van der Waals surface area contributed by atoms with Crippen molar-refractivity contribution in [2.24, 2.45) is 0 Å². The van der Waals surface area contributed by atoms with Gasteiger partial charge in [-0.05, 0) is 27.7 Å². The molecule has 0 saturated heterocycles. The van der Waals surface area contributed by atoms with Crippen LogP contribution >= 0.6 is 0 Å². The third kappa shape index (κ3) is 10.6. The lowest BCUT2D eigenvalue weighted by molar-refractivity contribution is -0.921. The van der Waals surface area contributed by atoms with E-state index < -0.39 is 65.7 Å². The minimum absolute atomic E-state index is 1.28. The lowest BCUT2D eigenvalue weighted by atomic mass is 10.0. The summed E-state index contributed by atoms with van der Waals surface area (Å²) in [7, 11) is -5.31. The first-order valence-corrected chi connectivity index (χ1v) is 11.1. The molecule has 0 fully saturated rings. The fraction of sp³-hybridized carbons (Fsp3) is 1.00. The van der Waals surface area contributed by atoms with Gasteiger partial charge < -0.3 is 9.04 Å². The zero-order valence-corrected chi connectivity index (χ0v) is 18.2. The van der Waals surface area contributed by atoms with Crippen LogP contribution in [0.15, 0.2) is 0 Å². The molecule has 7 atom stereocenters. The fourth-order valence-electron chi connectivity index (χ4n) is 2.64. The highest BCUT2D eigenvalue weighted by Gasteiger charge is 2.45. The largest absolute Gasteiger partial charge is 0.748 e. The molecule has 184 valence electrons. The lowest BCUT2D eigenvalue weighted by Crippen LogP contribution is -2.47. The number of nitrogens with zero attached hydrogens (tertiary/aromatic N) is 1. The third-order valence-corrected chi connectivity index (χ3v) is 5.83. The van der Waals surface area contributed by atoms with Gasteiger partial charge in [0.25, 0.3) is 0 Å². The van der Waals surface area contributed by atoms with E-state index in [2.05, 4.69) is 27.7 Å². The van der Waals surface area contributed by atoms with Crippen LogP contribution in [0.1, 0.15) is 27.7 Å². The van der Waals surface area contributed by atoms with Gasteiger partial charge >= 0.3 is 0 Å². The van der Waals surface area contributed by atoms with Crippen LogP contribution in [0, 0.1) is 0 Å². The second kappa shape index (κ2) is 14.4. The van der Waals surface area contributed by atoms with Crippen molar-refractivity contribution >= 4 is 10.1 Å². The van der Waals surface area contributed by atoms with E-state index in [0.717, 1.165) is 0 Å². The maximum absolute atomic E-state index is 13.1. The van der Waals surface area contributed by atoms with Crippen LogP contribution in [0.2, 0.25) is 0 Å². The zero-order chi connectivity index (χ0) is 24.3. The van der Waals surface area contributed by atoms with E-state index in [1.807, 2.05) is 0 Å². The van der Waals surface area contributed by atoms with Crippen molar-refractivity contribution < 1.29 is 52.6 Å². The zero-order valence-electron chi connectivity index (χ0n) is 17.4. The summed E-state index contributed by atoms with van der Waals surface area (Å²) in [5, 5.41) is 0. The summed E-state index contributed by atoms with van der Waals surface area (Å²) in [6, 6.07) is 0. The van der Waals surface area contributed by atoms with E-state index >= 15 is 0 Å². The Balaban J connectivity index is 0. The molecule has 0 bridgehead atoms. The first-order chi connectivity index (χ1) is 13.7. The average Bonchev–Trinajstić information content (AvgIpc) is 2.71. The normalized spacial score (nSPS) is 19.6. The monoisotopic (exact) mass is 481 g/mol. The van der Waals surface area contributed by atoms with Gasteiger partial charge in [-0.15, -0.1) is 0 Å². The van der Waals surface area contributed by atoms with Gasteiger partial charge in [0.05, 0.1) is 42.1 Å². The Kier molecular flexibility index (Phi) is 15.1. The second-order valence-corrected chi connectivity index (χ2v) is 8.19. The summed E-state index contributed by atoms with van der Waals surface area (Å²) in [5.74, 6) is -2.05. The Morgan fingerprint density at radius 3 is 1.20 bits per heavy atom. The van der Waals surface area contributed by atoms with Gasteiger partial charge in [0, 0.05) is 0 Å². The van der Waals surface area contributed by atoms with E-state index in [4.69, 9.17) is 0 Å². The van der Waals surface area contributed by atoms with E-state index in [-0.39, 0.29) is 0 Å². The molecule has 0 heterocycles. The van der Waals surface area contributed by atoms with Crippen LogP contribution in [0.4, 0.5) is 35.1 Å². The molecule has 13 heteroatoms. The van der Waals surface area contributed by atoms with Crippen LogP contribution in [-0.2, 0) is 10.1 Å². The van der Waals surface area contributed by atoms with Crippen molar-refractivity contribution in [2.45, 2.75) is 70.9 Å². The standard InChI is InChI=1S/C9H12F8O3S.C8H20N/c10-1-3(11)5(13)7(15)9(17)8(16)6(14)4(12)2-21(18,19)20;1-5-9(6-2,7-3)8-4/h3-9H,1-2H2,(H,18,19,20);5-8H2,1-4H3/q;+1/p-1. The van der Waals surface area contributed by atoms with Crippen molar-refractivity contribution in [1.29, 1.82) is 0 Å². The topological polar surface area (TPSA) is 57.2 Å². The van der Waals surface area contributed by atoms with Crippen molar-refractivity contribution in [2.75, 3.05) is 38.6 Å². The number of hydrogen-bond acceptors (Lipinski definition) is 3. The highest BCUT2D eigenvalue weighted by atomic mass is 32.2. The highest BCUT2D eigenvalue weighted by Crippen LogP contribution is 2.26. The number of quaternary nitrogens is 1. The molecule has 0 rings (SSSR count). The summed E-state index contributed by atoms with van der Waals surface area (Å²) in [4.78, 5) is 0. The molecule has 0 aliphatic rings. The van der Waals surface area contributed by atoms with Crippen molar-refractivity contribution in [3.63, 3.8) is 0 Å². The summed E-state index contributed by atoms with van der Waals surface area (Å²) in [5.41, 5.74) is 0. The van der Waals surface area contributed by atoms with Gasteiger partial charge in [0.2, 0.25) is 0 Å². The number of alkyl halides is 8. The van der Waals surface area contributed by atoms with Gasteiger partial charge in [-0.3, -0.25) is 0 Å². The van der Waals surface area contributed by atoms with Crippen molar-refractivity contribution in [1.82, 2.24) is 0 Å². The molecule has 0 aliphatic heterocycles. The molecule has 0 radical (unpaired) electrons. The molecular weight excluding hydrogens is 450 g/mol. The molecule has 0 saturated carbocycles. The highest BCUT2D eigenvalue weighted by molar-refractivity contribution is 7.85. The van der Waals surface area contributed by atoms with Crippen LogP contribution in [-0.4, -0.2) is 99.3 Å². The second-order valence-electron chi connectivity index (χ2n) is 6.74. The van der Waals surface area contributed by atoms with Gasteiger partial charge in [-0.1, -0.05) is 0 Å². The predicted molar refractivity (Wildman–Crippen MR) is 97.2 cm³/mol. The minimum atomic E-state index is -5.31. The lowest BCUT2D eigenvalue weighted by Gasteiger charge is -2.34. The minimum Gasteiger partial charge on any atom is -0.748 e.